The van der Waals surface area contributed by atoms with Crippen LogP contribution in [0.5, 0.6) is 0 Å². The summed E-state index contributed by atoms with van der Waals surface area (Å²) in [5.41, 5.74) is 7.38. The molecule has 1 aromatic rings. The second-order valence-corrected chi connectivity index (χ2v) is 2.50. The fourth-order valence-corrected chi connectivity index (χ4v) is 1.01. The van der Waals surface area contributed by atoms with Crippen LogP contribution >= 0.6 is 0 Å². The molecule has 0 fully saturated rings. The fourth-order valence-electron chi connectivity index (χ4n) is 1.01. The Kier molecular flexibility index (Phi) is 1.85. The SMILES string of the molecule is C=C/C(N)=c1/cc(C)[nH]c1=C. The van der Waals surface area contributed by atoms with E-state index in [-0.39, 0.29) is 0 Å². The average Bonchev–Trinajstić information content (AvgIpc) is 2.28. The standard InChI is InChI=1S/C9H12N2/c1-4-9(10)8-5-6(2)11-7(8)3/h4-5,11H,1,3,10H2,2H3/b9-8+. The Morgan fingerprint density at radius 1 is 1.73 bits per heavy atom. The number of H-pyrrole nitrogens is 1. The smallest absolute Gasteiger partial charge is 0.0403 e. The topological polar surface area (TPSA) is 41.8 Å². The van der Waals surface area contributed by atoms with E-state index < -0.39 is 0 Å². The summed E-state index contributed by atoms with van der Waals surface area (Å²) in [7, 11) is 0. The van der Waals surface area contributed by atoms with Gasteiger partial charge in [-0.2, -0.15) is 0 Å². The van der Waals surface area contributed by atoms with E-state index in [0.29, 0.717) is 5.70 Å². The van der Waals surface area contributed by atoms with Gasteiger partial charge in [0.2, 0.25) is 0 Å². The molecular weight excluding hydrogens is 136 g/mol. The molecule has 2 heteroatoms. The third-order valence-electron chi connectivity index (χ3n) is 1.56. The number of hydrogen-bond acceptors (Lipinski definition) is 1. The minimum Gasteiger partial charge on any atom is -0.398 e. The normalized spacial score (nSPS) is 12.8. The van der Waals surface area contributed by atoms with Crippen molar-refractivity contribution < 1.29 is 0 Å². The minimum absolute atomic E-state index is 0.666. The van der Waals surface area contributed by atoms with Gasteiger partial charge in [0.15, 0.2) is 0 Å². The third kappa shape index (κ3) is 1.34. The molecule has 0 aliphatic rings. The molecular formula is C9H12N2. The van der Waals surface area contributed by atoms with Crippen molar-refractivity contribution in [1.82, 2.24) is 4.98 Å². The molecule has 11 heavy (non-hydrogen) atoms. The van der Waals surface area contributed by atoms with Gasteiger partial charge in [0.05, 0.1) is 0 Å². The first-order valence-electron chi connectivity index (χ1n) is 3.42. The van der Waals surface area contributed by atoms with E-state index in [9.17, 15) is 0 Å². The number of aromatic nitrogens is 1. The molecule has 0 unspecified atom stereocenters. The summed E-state index contributed by atoms with van der Waals surface area (Å²) < 4.78 is 0. The molecule has 0 bridgehead atoms. The van der Waals surface area contributed by atoms with Gasteiger partial charge < -0.3 is 10.7 Å². The lowest BCUT2D eigenvalue weighted by Gasteiger charge is -1.85. The van der Waals surface area contributed by atoms with Gasteiger partial charge in [-0.3, -0.25) is 0 Å². The summed E-state index contributed by atoms with van der Waals surface area (Å²) in [5.74, 6) is 0. The second-order valence-electron chi connectivity index (χ2n) is 2.50. The van der Waals surface area contributed by atoms with E-state index in [1.54, 1.807) is 6.08 Å². The highest BCUT2D eigenvalue weighted by Crippen LogP contribution is 1.82. The molecule has 0 amide bonds. The molecule has 1 heterocycles. The van der Waals surface area contributed by atoms with Crippen LogP contribution in [0.4, 0.5) is 0 Å². The summed E-state index contributed by atoms with van der Waals surface area (Å²) in [6.45, 7) is 9.36. The van der Waals surface area contributed by atoms with Crippen LogP contribution < -0.4 is 16.3 Å². The predicted molar refractivity (Wildman–Crippen MR) is 48.1 cm³/mol. The Labute approximate surface area is 65.7 Å². The number of hydrogen-bond donors (Lipinski definition) is 2. The molecule has 0 atom stereocenters. The number of aromatic amines is 1. The molecule has 1 aromatic heterocycles. The van der Waals surface area contributed by atoms with E-state index in [0.717, 1.165) is 16.3 Å². The Hall–Kier alpha value is -1.44. The summed E-state index contributed by atoms with van der Waals surface area (Å²) in [5, 5.41) is 1.79. The molecule has 58 valence electrons. The largest absolute Gasteiger partial charge is 0.398 e. The maximum atomic E-state index is 5.65. The van der Waals surface area contributed by atoms with Crippen LogP contribution in [0, 0.1) is 6.92 Å². The summed E-state index contributed by atoms with van der Waals surface area (Å²) >= 11 is 0. The Morgan fingerprint density at radius 2 is 2.36 bits per heavy atom. The molecule has 3 N–H and O–H groups in total. The highest BCUT2D eigenvalue weighted by atomic mass is 14.7. The fraction of sp³-hybridized carbons (Fsp3) is 0.111. The molecule has 0 radical (unpaired) electrons. The third-order valence-corrected chi connectivity index (χ3v) is 1.56. The van der Waals surface area contributed by atoms with Crippen molar-refractivity contribution in [2.45, 2.75) is 6.92 Å². The lowest BCUT2D eigenvalue weighted by Crippen LogP contribution is -2.25. The van der Waals surface area contributed by atoms with E-state index in [4.69, 9.17) is 5.73 Å². The molecule has 2 nitrogen and oxygen atoms in total. The van der Waals surface area contributed by atoms with E-state index in [1.165, 1.54) is 0 Å². The summed E-state index contributed by atoms with van der Waals surface area (Å²) in [6, 6.07) is 1.96. The summed E-state index contributed by atoms with van der Waals surface area (Å²) in [4.78, 5) is 3.06. The van der Waals surface area contributed by atoms with Gasteiger partial charge in [0.25, 0.3) is 0 Å². The number of nitrogens with two attached hydrogens (primary N) is 1. The Morgan fingerprint density at radius 3 is 2.73 bits per heavy atom. The quantitative estimate of drug-likeness (QED) is 0.577. The van der Waals surface area contributed by atoms with Crippen molar-refractivity contribution in [2.75, 3.05) is 0 Å². The molecule has 0 aromatic carbocycles. The van der Waals surface area contributed by atoms with Crippen LogP contribution in [0.3, 0.4) is 0 Å². The second kappa shape index (κ2) is 2.66. The monoisotopic (exact) mass is 148 g/mol. The van der Waals surface area contributed by atoms with Crippen LogP contribution in [0.15, 0.2) is 18.7 Å². The number of rotatable bonds is 1. The Bertz CT molecular complexity index is 371. The van der Waals surface area contributed by atoms with Gasteiger partial charge in [-0.15, -0.1) is 0 Å². The number of aryl methyl sites for hydroxylation is 1. The van der Waals surface area contributed by atoms with Crippen molar-refractivity contribution in [2.24, 2.45) is 5.73 Å². The zero-order valence-electron chi connectivity index (χ0n) is 6.65. The van der Waals surface area contributed by atoms with Crippen molar-refractivity contribution in [3.05, 3.63) is 35.0 Å². The van der Waals surface area contributed by atoms with Crippen LogP contribution in [-0.4, -0.2) is 4.98 Å². The first-order valence-corrected chi connectivity index (χ1v) is 3.42. The highest BCUT2D eigenvalue weighted by molar-refractivity contribution is 5.51. The van der Waals surface area contributed by atoms with E-state index in [1.807, 2.05) is 13.0 Å². The summed E-state index contributed by atoms with van der Waals surface area (Å²) in [6.07, 6.45) is 1.62. The van der Waals surface area contributed by atoms with E-state index in [2.05, 4.69) is 18.1 Å². The van der Waals surface area contributed by atoms with Crippen molar-refractivity contribution in [3.63, 3.8) is 0 Å². The highest BCUT2D eigenvalue weighted by Gasteiger charge is 1.91. The lowest BCUT2D eigenvalue weighted by atomic mass is 10.3. The van der Waals surface area contributed by atoms with Crippen LogP contribution in [0.2, 0.25) is 0 Å². The first-order chi connectivity index (χ1) is 5.15. The number of nitrogens with one attached hydrogen (secondary N) is 1. The van der Waals surface area contributed by atoms with Gasteiger partial charge in [0, 0.05) is 22.0 Å². The van der Waals surface area contributed by atoms with Crippen molar-refractivity contribution in [3.8, 4) is 0 Å². The molecule has 0 saturated heterocycles. The molecule has 0 spiro atoms. The molecule has 0 aliphatic carbocycles. The maximum absolute atomic E-state index is 5.65. The molecule has 0 aliphatic heterocycles. The predicted octanol–water partition coefficient (Wildman–Crippen LogP) is -0.0137. The van der Waals surface area contributed by atoms with Crippen LogP contribution in [-0.2, 0) is 0 Å². The van der Waals surface area contributed by atoms with Gasteiger partial charge in [-0.25, -0.2) is 0 Å². The van der Waals surface area contributed by atoms with Crippen molar-refractivity contribution in [1.29, 1.82) is 0 Å². The zero-order chi connectivity index (χ0) is 8.43. The average molecular weight is 148 g/mol. The first kappa shape index (κ1) is 7.66. The maximum Gasteiger partial charge on any atom is 0.0403 e. The lowest BCUT2D eigenvalue weighted by molar-refractivity contribution is 1.22. The van der Waals surface area contributed by atoms with Crippen LogP contribution in [0.1, 0.15) is 5.69 Å². The van der Waals surface area contributed by atoms with Crippen molar-refractivity contribution >= 4 is 12.3 Å². The van der Waals surface area contributed by atoms with E-state index >= 15 is 0 Å². The van der Waals surface area contributed by atoms with Gasteiger partial charge in [-0.05, 0) is 19.1 Å². The minimum atomic E-state index is 0.666. The van der Waals surface area contributed by atoms with Gasteiger partial charge in [0.1, 0.15) is 0 Å². The molecule has 0 saturated carbocycles. The van der Waals surface area contributed by atoms with Gasteiger partial charge in [-0.1, -0.05) is 13.2 Å². The van der Waals surface area contributed by atoms with Gasteiger partial charge >= 0.3 is 0 Å². The zero-order valence-corrected chi connectivity index (χ0v) is 6.65. The Balaban J connectivity index is 3.58. The molecule has 1 rings (SSSR count). The van der Waals surface area contributed by atoms with Crippen LogP contribution in [0.25, 0.3) is 12.3 Å².